The molecule has 2 aromatic heterocycles. The first-order chi connectivity index (χ1) is 12.1. The summed E-state index contributed by atoms with van der Waals surface area (Å²) >= 11 is 7.69. The lowest BCUT2D eigenvalue weighted by Gasteiger charge is -2.05. The van der Waals surface area contributed by atoms with Crippen LogP contribution >= 0.6 is 22.9 Å². The van der Waals surface area contributed by atoms with E-state index in [0.717, 1.165) is 10.3 Å². The van der Waals surface area contributed by atoms with E-state index < -0.39 is 5.97 Å². The van der Waals surface area contributed by atoms with E-state index in [4.69, 9.17) is 11.6 Å². The van der Waals surface area contributed by atoms with Crippen molar-refractivity contribution in [3.05, 3.63) is 76.3 Å². The molecule has 0 unspecified atom stereocenters. The molecule has 25 heavy (non-hydrogen) atoms. The Balaban J connectivity index is 1.72. The van der Waals surface area contributed by atoms with Gasteiger partial charge in [-0.25, -0.2) is 4.79 Å². The van der Waals surface area contributed by atoms with Crippen LogP contribution in [-0.2, 0) is 6.54 Å². The second-order valence-electron chi connectivity index (χ2n) is 5.63. The van der Waals surface area contributed by atoms with Gasteiger partial charge in [-0.15, -0.1) is 11.3 Å². The van der Waals surface area contributed by atoms with Gasteiger partial charge in [0, 0.05) is 20.2 Å². The number of carboxylic acid groups (broad SMARTS) is 1. The number of carbonyl (C=O) groups is 1. The van der Waals surface area contributed by atoms with Gasteiger partial charge in [-0.05, 0) is 29.8 Å². The van der Waals surface area contributed by atoms with E-state index in [1.807, 2.05) is 18.2 Å². The number of carboxylic acids is 1. The third-order valence-corrected chi connectivity index (χ3v) is 5.29. The lowest BCUT2D eigenvalue weighted by Crippen LogP contribution is -2.05. The average molecular weight is 369 g/mol. The molecular formula is C19H13ClN2O2S. The van der Waals surface area contributed by atoms with Crippen molar-refractivity contribution in [1.29, 1.82) is 0 Å². The van der Waals surface area contributed by atoms with Crippen LogP contribution in [0.3, 0.4) is 0 Å². The Bertz CT molecular complexity index is 1070. The molecule has 0 bridgehead atoms. The normalized spacial score (nSPS) is 11.1. The highest BCUT2D eigenvalue weighted by molar-refractivity contribution is 7.15. The molecule has 0 aliphatic carbocycles. The molecule has 0 fully saturated rings. The molecule has 0 aliphatic rings. The molecule has 2 heterocycles. The van der Waals surface area contributed by atoms with Gasteiger partial charge in [-0.3, -0.25) is 4.68 Å². The van der Waals surface area contributed by atoms with Crippen LogP contribution in [0.5, 0.6) is 0 Å². The van der Waals surface area contributed by atoms with Gasteiger partial charge in [0.25, 0.3) is 0 Å². The number of thiophene rings is 1. The van der Waals surface area contributed by atoms with Crippen molar-refractivity contribution >= 4 is 39.8 Å². The molecular weight excluding hydrogens is 356 g/mol. The van der Waals surface area contributed by atoms with Gasteiger partial charge in [-0.1, -0.05) is 41.9 Å². The maximum absolute atomic E-state index is 11.6. The molecule has 0 spiro atoms. The lowest BCUT2D eigenvalue weighted by atomic mass is 10.1. The van der Waals surface area contributed by atoms with Crippen molar-refractivity contribution in [3.63, 3.8) is 0 Å². The zero-order valence-electron chi connectivity index (χ0n) is 13.0. The minimum absolute atomic E-state index is 0.167. The van der Waals surface area contributed by atoms with Crippen molar-refractivity contribution in [1.82, 2.24) is 9.78 Å². The number of aromatic carboxylic acids is 1. The summed E-state index contributed by atoms with van der Waals surface area (Å²) in [5, 5.41) is 15.0. The highest BCUT2D eigenvalue weighted by Crippen LogP contribution is 2.30. The summed E-state index contributed by atoms with van der Waals surface area (Å²) in [6.07, 6.45) is 1.65. The molecule has 0 atom stereocenters. The predicted octanol–water partition coefficient (Wildman–Crippen LogP) is 5.16. The number of halogens is 1. The molecule has 0 amide bonds. The smallest absolute Gasteiger partial charge is 0.337 e. The molecule has 2 aromatic carbocycles. The Hall–Kier alpha value is -2.63. The summed E-state index contributed by atoms with van der Waals surface area (Å²) in [5.41, 5.74) is 1.92. The number of benzene rings is 2. The van der Waals surface area contributed by atoms with Crippen molar-refractivity contribution < 1.29 is 9.90 Å². The number of fused-ring (bicyclic) bond motifs is 1. The summed E-state index contributed by atoms with van der Waals surface area (Å²) < 4.78 is 1.72. The van der Waals surface area contributed by atoms with E-state index in [9.17, 15) is 9.90 Å². The summed E-state index contributed by atoms with van der Waals surface area (Å²) in [7, 11) is 0. The quantitative estimate of drug-likeness (QED) is 0.541. The van der Waals surface area contributed by atoms with E-state index in [2.05, 4.69) is 29.4 Å². The third-order valence-electron chi connectivity index (χ3n) is 3.95. The molecule has 6 heteroatoms. The highest BCUT2D eigenvalue weighted by Gasteiger charge is 2.16. The summed E-state index contributed by atoms with van der Waals surface area (Å²) in [5.74, 6) is -1.01. The molecule has 124 valence electrons. The van der Waals surface area contributed by atoms with E-state index >= 15 is 0 Å². The van der Waals surface area contributed by atoms with Crippen molar-refractivity contribution in [2.75, 3.05) is 0 Å². The Morgan fingerprint density at radius 2 is 1.96 bits per heavy atom. The summed E-state index contributed by atoms with van der Waals surface area (Å²) in [6.45, 7) is 0.517. The van der Waals surface area contributed by atoms with Crippen LogP contribution in [-0.4, -0.2) is 20.9 Å². The Morgan fingerprint density at radius 3 is 2.72 bits per heavy atom. The summed E-state index contributed by atoms with van der Waals surface area (Å²) in [6, 6.07) is 17.5. The molecule has 4 nitrogen and oxygen atoms in total. The predicted molar refractivity (Wildman–Crippen MR) is 101 cm³/mol. The van der Waals surface area contributed by atoms with Gasteiger partial charge in [-0.2, -0.15) is 5.10 Å². The van der Waals surface area contributed by atoms with E-state index in [-0.39, 0.29) is 5.56 Å². The minimum atomic E-state index is -1.01. The van der Waals surface area contributed by atoms with Crippen molar-refractivity contribution in [3.8, 4) is 10.4 Å². The van der Waals surface area contributed by atoms with Crippen LogP contribution < -0.4 is 0 Å². The van der Waals surface area contributed by atoms with Crippen LogP contribution in [0.15, 0.2) is 60.8 Å². The zero-order valence-corrected chi connectivity index (χ0v) is 14.6. The molecule has 0 saturated heterocycles. The van der Waals surface area contributed by atoms with Gasteiger partial charge in [0.05, 0.1) is 23.8 Å². The van der Waals surface area contributed by atoms with E-state index in [1.54, 1.807) is 28.3 Å². The van der Waals surface area contributed by atoms with Crippen LogP contribution in [0.2, 0.25) is 5.02 Å². The number of nitrogens with zero attached hydrogens (tertiary/aromatic N) is 2. The SMILES string of the molecule is O=C(O)c1cc(Cl)cc2cnn(Cc3ccc(-c4ccccc4)s3)c12. The first-order valence-electron chi connectivity index (χ1n) is 7.64. The molecule has 0 radical (unpaired) electrons. The Labute approximate surface area is 152 Å². The van der Waals surface area contributed by atoms with Gasteiger partial charge in [0.1, 0.15) is 0 Å². The molecule has 4 aromatic rings. The second kappa shape index (κ2) is 6.35. The Kier molecular flexibility index (Phi) is 4.03. The van der Waals surface area contributed by atoms with Gasteiger partial charge < -0.3 is 5.11 Å². The minimum Gasteiger partial charge on any atom is -0.478 e. The van der Waals surface area contributed by atoms with E-state index in [0.29, 0.717) is 17.1 Å². The number of hydrogen-bond donors (Lipinski definition) is 1. The van der Waals surface area contributed by atoms with Gasteiger partial charge >= 0.3 is 5.97 Å². The average Bonchev–Trinajstić information content (AvgIpc) is 3.23. The fourth-order valence-corrected chi connectivity index (χ4v) is 4.07. The third kappa shape index (κ3) is 3.04. The zero-order chi connectivity index (χ0) is 17.4. The van der Waals surface area contributed by atoms with Gasteiger partial charge in [0.15, 0.2) is 0 Å². The first-order valence-corrected chi connectivity index (χ1v) is 8.84. The highest BCUT2D eigenvalue weighted by atomic mass is 35.5. The van der Waals surface area contributed by atoms with E-state index in [1.165, 1.54) is 16.5 Å². The molecule has 0 saturated carbocycles. The monoisotopic (exact) mass is 368 g/mol. The standard InChI is InChI=1S/C19H13ClN2O2S/c20-14-8-13-10-21-22(18(13)16(9-14)19(23)24)11-15-6-7-17(25-15)12-4-2-1-3-5-12/h1-10H,11H2,(H,23,24). The van der Waals surface area contributed by atoms with Crippen LogP contribution in [0.25, 0.3) is 21.3 Å². The maximum atomic E-state index is 11.6. The largest absolute Gasteiger partial charge is 0.478 e. The number of aromatic nitrogens is 2. The van der Waals surface area contributed by atoms with Gasteiger partial charge in [0.2, 0.25) is 0 Å². The molecule has 4 rings (SSSR count). The van der Waals surface area contributed by atoms with Crippen LogP contribution in [0.1, 0.15) is 15.2 Å². The maximum Gasteiger partial charge on any atom is 0.337 e. The molecule has 0 aliphatic heterocycles. The molecule has 1 N–H and O–H groups in total. The summed E-state index contributed by atoms with van der Waals surface area (Å²) in [4.78, 5) is 13.8. The van der Waals surface area contributed by atoms with Crippen LogP contribution in [0, 0.1) is 0 Å². The number of hydrogen-bond acceptors (Lipinski definition) is 3. The topological polar surface area (TPSA) is 55.1 Å². The van der Waals surface area contributed by atoms with Crippen molar-refractivity contribution in [2.24, 2.45) is 0 Å². The Morgan fingerprint density at radius 1 is 1.16 bits per heavy atom. The fourth-order valence-electron chi connectivity index (χ4n) is 2.85. The number of rotatable bonds is 4. The van der Waals surface area contributed by atoms with Crippen molar-refractivity contribution in [2.45, 2.75) is 6.54 Å². The fraction of sp³-hybridized carbons (Fsp3) is 0.0526. The first kappa shape index (κ1) is 15.9. The lowest BCUT2D eigenvalue weighted by molar-refractivity contribution is 0.0698. The second-order valence-corrected chi connectivity index (χ2v) is 7.24. The van der Waals surface area contributed by atoms with Crippen LogP contribution in [0.4, 0.5) is 0 Å².